The number of nitrogens with zero attached hydrogens (tertiary/aromatic N) is 3. The Morgan fingerprint density at radius 1 is 1.21 bits per heavy atom. The number of amides is 1. The second-order valence-electron chi connectivity index (χ2n) is 6.35. The quantitative estimate of drug-likeness (QED) is 0.868. The fraction of sp³-hybridized carbons (Fsp3) is 0.421. The molecule has 1 aromatic heterocycles. The molecule has 126 valence electrons. The Morgan fingerprint density at radius 3 is 2.67 bits per heavy atom. The molecule has 0 saturated carbocycles. The molecule has 1 aliphatic heterocycles. The number of likely N-dealkylation sites (tertiary alicyclic amines) is 1. The number of hydrogen-bond acceptors (Lipinski definition) is 3. The third-order valence-corrected chi connectivity index (χ3v) is 4.50. The largest absolute Gasteiger partial charge is 0.330 e. The summed E-state index contributed by atoms with van der Waals surface area (Å²) in [6.45, 7) is 5.30. The first-order valence-electron chi connectivity index (χ1n) is 8.56. The minimum atomic E-state index is -0.162. The summed E-state index contributed by atoms with van der Waals surface area (Å²) in [5.41, 5.74) is 2.56. The maximum Gasteiger partial charge on any atom is 0.274 e. The van der Waals surface area contributed by atoms with E-state index in [2.05, 4.69) is 36.3 Å². The van der Waals surface area contributed by atoms with E-state index in [0.717, 1.165) is 31.4 Å². The Balaban J connectivity index is 1.87. The van der Waals surface area contributed by atoms with Crippen molar-refractivity contribution >= 4 is 5.91 Å². The van der Waals surface area contributed by atoms with Gasteiger partial charge in [-0.2, -0.15) is 5.10 Å². The minimum Gasteiger partial charge on any atom is -0.330 e. The summed E-state index contributed by atoms with van der Waals surface area (Å²) in [5.74, 6) is -0.0945. The van der Waals surface area contributed by atoms with Crippen LogP contribution in [0, 0.1) is 6.92 Å². The van der Waals surface area contributed by atoms with Crippen LogP contribution in [-0.2, 0) is 6.54 Å². The average Bonchev–Trinajstić information content (AvgIpc) is 3.07. The summed E-state index contributed by atoms with van der Waals surface area (Å²) in [6, 6.07) is 11.4. The lowest BCUT2D eigenvalue weighted by atomic mass is 10.0. The SMILES string of the molecule is CCCn1nc(C(=O)N2CCC[C@@H]2c2ccc(C)cc2)ccc1=O. The van der Waals surface area contributed by atoms with Gasteiger partial charge in [0.05, 0.1) is 6.04 Å². The van der Waals surface area contributed by atoms with Crippen LogP contribution >= 0.6 is 0 Å². The summed E-state index contributed by atoms with van der Waals surface area (Å²) in [5, 5.41) is 4.26. The standard InChI is InChI=1S/C19H23N3O2/c1-3-12-22-18(23)11-10-16(20-22)19(24)21-13-4-5-17(21)15-8-6-14(2)7-9-15/h6-11,17H,3-5,12-13H2,1-2H3/t17-/m1/s1. The zero-order valence-corrected chi connectivity index (χ0v) is 14.2. The van der Waals surface area contributed by atoms with Crippen LogP contribution in [0.5, 0.6) is 0 Å². The van der Waals surface area contributed by atoms with E-state index in [9.17, 15) is 9.59 Å². The fourth-order valence-electron chi connectivity index (χ4n) is 3.23. The van der Waals surface area contributed by atoms with Gasteiger partial charge in [0.1, 0.15) is 5.69 Å². The summed E-state index contributed by atoms with van der Waals surface area (Å²) in [6.07, 6.45) is 2.75. The molecule has 3 rings (SSSR count). The van der Waals surface area contributed by atoms with Crippen molar-refractivity contribution in [3.8, 4) is 0 Å². The van der Waals surface area contributed by atoms with E-state index in [1.54, 1.807) is 6.07 Å². The number of carbonyl (C=O) groups excluding carboxylic acids is 1. The predicted octanol–water partition coefficient (Wildman–Crippen LogP) is 2.94. The molecule has 1 aromatic carbocycles. The summed E-state index contributed by atoms with van der Waals surface area (Å²) >= 11 is 0. The molecule has 0 aliphatic carbocycles. The van der Waals surface area contributed by atoms with Crippen LogP contribution in [0.4, 0.5) is 0 Å². The van der Waals surface area contributed by atoms with Gasteiger partial charge in [-0.15, -0.1) is 0 Å². The zero-order chi connectivity index (χ0) is 17.1. The third kappa shape index (κ3) is 3.25. The molecule has 1 amide bonds. The lowest BCUT2D eigenvalue weighted by Crippen LogP contribution is -2.33. The Kier molecular flexibility index (Phi) is 4.79. The highest BCUT2D eigenvalue weighted by Gasteiger charge is 2.31. The number of rotatable bonds is 4. The van der Waals surface area contributed by atoms with Crippen molar-refractivity contribution in [3.05, 3.63) is 63.6 Å². The van der Waals surface area contributed by atoms with Gasteiger partial charge in [-0.3, -0.25) is 9.59 Å². The van der Waals surface area contributed by atoms with Gasteiger partial charge in [0.15, 0.2) is 0 Å². The Labute approximate surface area is 141 Å². The van der Waals surface area contributed by atoms with E-state index in [1.807, 2.05) is 11.8 Å². The first kappa shape index (κ1) is 16.4. The molecule has 1 aliphatic rings. The van der Waals surface area contributed by atoms with Crippen LogP contribution in [0.15, 0.2) is 41.2 Å². The molecular formula is C19H23N3O2. The highest BCUT2D eigenvalue weighted by molar-refractivity contribution is 5.92. The smallest absolute Gasteiger partial charge is 0.274 e. The zero-order valence-electron chi connectivity index (χ0n) is 14.2. The average molecular weight is 325 g/mol. The van der Waals surface area contributed by atoms with Gasteiger partial charge in [0, 0.05) is 19.2 Å². The highest BCUT2D eigenvalue weighted by Crippen LogP contribution is 2.32. The number of carbonyl (C=O) groups is 1. The molecule has 0 unspecified atom stereocenters. The van der Waals surface area contributed by atoms with Crippen LogP contribution in [-0.4, -0.2) is 27.1 Å². The minimum absolute atomic E-state index is 0.0893. The molecule has 0 radical (unpaired) electrons. The Morgan fingerprint density at radius 2 is 1.96 bits per heavy atom. The number of aryl methyl sites for hydroxylation is 2. The summed E-state index contributed by atoms with van der Waals surface area (Å²) in [4.78, 5) is 26.6. The molecule has 5 heteroatoms. The van der Waals surface area contributed by atoms with Crippen molar-refractivity contribution in [2.24, 2.45) is 0 Å². The second kappa shape index (κ2) is 6.99. The topological polar surface area (TPSA) is 55.2 Å². The molecule has 2 heterocycles. The first-order chi connectivity index (χ1) is 11.6. The van der Waals surface area contributed by atoms with Gasteiger partial charge in [-0.1, -0.05) is 36.8 Å². The monoisotopic (exact) mass is 325 g/mol. The van der Waals surface area contributed by atoms with Crippen molar-refractivity contribution < 1.29 is 4.79 Å². The molecule has 0 N–H and O–H groups in total. The Hall–Kier alpha value is -2.43. The molecule has 0 spiro atoms. The van der Waals surface area contributed by atoms with Crippen molar-refractivity contribution in [1.29, 1.82) is 0 Å². The molecule has 24 heavy (non-hydrogen) atoms. The molecule has 2 aromatic rings. The number of benzene rings is 1. The van der Waals surface area contributed by atoms with Crippen molar-refractivity contribution in [2.45, 2.75) is 45.7 Å². The molecular weight excluding hydrogens is 302 g/mol. The highest BCUT2D eigenvalue weighted by atomic mass is 16.2. The molecule has 5 nitrogen and oxygen atoms in total. The van der Waals surface area contributed by atoms with Crippen LogP contribution in [0.3, 0.4) is 0 Å². The van der Waals surface area contributed by atoms with Gasteiger partial charge in [-0.05, 0) is 37.8 Å². The van der Waals surface area contributed by atoms with E-state index in [-0.39, 0.29) is 17.5 Å². The van der Waals surface area contributed by atoms with E-state index in [4.69, 9.17) is 0 Å². The molecule has 1 saturated heterocycles. The molecule has 1 fully saturated rings. The number of hydrogen-bond donors (Lipinski definition) is 0. The molecule has 1 atom stereocenters. The fourth-order valence-corrected chi connectivity index (χ4v) is 3.23. The predicted molar refractivity (Wildman–Crippen MR) is 93.0 cm³/mol. The van der Waals surface area contributed by atoms with Gasteiger partial charge in [0.25, 0.3) is 11.5 Å². The van der Waals surface area contributed by atoms with E-state index >= 15 is 0 Å². The van der Waals surface area contributed by atoms with E-state index in [1.165, 1.54) is 16.3 Å². The lowest BCUT2D eigenvalue weighted by molar-refractivity contribution is 0.0726. The maximum atomic E-state index is 12.9. The van der Waals surface area contributed by atoms with Crippen LogP contribution in [0.2, 0.25) is 0 Å². The van der Waals surface area contributed by atoms with Gasteiger partial charge in [0.2, 0.25) is 0 Å². The van der Waals surface area contributed by atoms with Crippen LogP contribution < -0.4 is 5.56 Å². The normalized spacial score (nSPS) is 17.2. The van der Waals surface area contributed by atoms with Crippen molar-refractivity contribution in [2.75, 3.05) is 6.54 Å². The van der Waals surface area contributed by atoms with Gasteiger partial charge < -0.3 is 4.90 Å². The first-order valence-corrected chi connectivity index (χ1v) is 8.56. The van der Waals surface area contributed by atoms with E-state index < -0.39 is 0 Å². The van der Waals surface area contributed by atoms with Crippen molar-refractivity contribution in [1.82, 2.24) is 14.7 Å². The van der Waals surface area contributed by atoms with Gasteiger partial charge in [-0.25, -0.2) is 4.68 Å². The molecule has 0 bridgehead atoms. The number of aromatic nitrogens is 2. The van der Waals surface area contributed by atoms with Crippen LogP contribution in [0.25, 0.3) is 0 Å². The third-order valence-electron chi connectivity index (χ3n) is 4.50. The van der Waals surface area contributed by atoms with E-state index in [0.29, 0.717) is 12.2 Å². The maximum absolute atomic E-state index is 12.9. The Bertz CT molecular complexity index is 780. The summed E-state index contributed by atoms with van der Waals surface area (Å²) in [7, 11) is 0. The van der Waals surface area contributed by atoms with Crippen LogP contribution in [0.1, 0.15) is 53.8 Å². The lowest BCUT2D eigenvalue weighted by Gasteiger charge is -2.25. The van der Waals surface area contributed by atoms with Gasteiger partial charge >= 0.3 is 0 Å². The second-order valence-corrected chi connectivity index (χ2v) is 6.35. The van der Waals surface area contributed by atoms with Crippen molar-refractivity contribution in [3.63, 3.8) is 0 Å². The summed E-state index contributed by atoms with van der Waals surface area (Å²) < 4.78 is 1.38.